The van der Waals surface area contributed by atoms with Crippen molar-refractivity contribution in [3.63, 3.8) is 0 Å². The molecule has 0 spiro atoms. The molecule has 0 fully saturated rings. The molecule has 16 heavy (non-hydrogen) atoms. The third kappa shape index (κ3) is 2.73. The van der Waals surface area contributed by atoms with Crippen molar-refractivity contribution in [1.82, 2.24) is 0 Å². The Kier molecular flexibility index (Phi) is 3.78. The van der Waals surface area contributed by atoms with E-state index in [-0.39, 0.29) is 0 Å². The third-order valence-corrected chi connectivity index (χ3v) is 3.53. The van der Waals surface area contributed by atoms with Crippen LogP contribution in [-0.4, -0.2) is 6.54 Å². The molecular formula is C13H12ClNS. The molecule has 0 bridgehead atoms. The van der Waals surface area contributed by atoms with Crippen molar-refractivity contribution in [2.45, 2.75) is 0 Å². The lowest BCUT2D eigenvalue weighted by Crippen LogP contribution is -1.91. The Hall–Kier alpha value is -1.09. The highest BCUT2D eigenvalue weighted by Crippen LogP contribution is 2.29. The van der Waals surface area contributed by atoms with Crippen molar-refractivity contribution in [2.24, 2.45) is 5.73 Å². The van der Waals surface area contributed by atoms with E-state index < -0.39 is 0 Å². The van der Waals surface area contributed by atoms with Gasteiger partial charge in [0.1, 0.15) is 0 Å². The molecule has 0 saturated carbocycles. The lowest BCUT2D eigenvalue weighted by Gasteiger charge is -1.96. The molecule has 1 aromatic heterocycles. The summed E-state index contributed by atoms with van der Waals surface area (Å²) in [5.74, 6) is 0. The number of halogens is 1. The molecule has 0 unspecified atom stereocenters. The number of nitrogens with two attached hydrogens (primary N) is 1. The average molecular weight is 250 g/mol. The van der Waals surface area contributed by atoms with Crippen LogP contribution in [-0.2, 0) is 0 Å². The van der Waals surface area contributed by atoms with Gasteiger partial charge in [-0.25, -0.2) is 0 Å². The van der Waals surface area contributed by atoms with Crippen LogP contribution in [0.15, 0.2) is 42.5 Å². The average Bonchev–Trinajstić information content (AvgIpc) is 2.76. The van der Waals surface area contributed by atoms with Crippen LogP contribution in [0.2, 0.25) is 5.02 Å². The number of benzene rings is 1. The van der Waals surface area contributed by atoms with E-state index in [1.54, 1.807) is 11.3 Å². The lowest BCUT2D eigenvalue weighted by atomic mass is 10.2. The fourth-order valence-electron chi connectivity index (χ4n) is 1.40. The highest BCUT2D eigenvalue weighted by atomic mass is 35.5. The van der Waals surface area contributed by atoms with E-state index in [0.29, 0.717) is 6.54 Å². The zero-order valence-corrected chi connectivity index (χ0v) is 10.3. The lowest BCUT2D eigenvalue weighted by molar-refractivity contribution is 1.26. The van der Waals surface area contributed by atoms with E-state index in [0.717, 1.165) is 5.02 Å². The molecule has 3 heteroatoms. The first-order valence-corrected chi connectivity index (χ1v) is 6.21. The van der Waals surface area contributed by atoms with E-state index in [2.05, 4.69) is 12.1 Å². The van der Waals surface area contributed by atoms with Crippen molar-refractivity contribution < 1.29 is 0 Å². The quantitative estimate of drug-likeness (QED) is 0.873. The Balaban J connectivity index is 2.24. The SMILES string of the molecule is NCC=Cc1ccc(-c2ccc(Cl)cc2)s1. The van der Waals surface area contributed by atoms with Crippen LogP contribution in [0.25, 0.3) is 16.5 Å². The summed E-state index contributed by atoms with van der Waals surface area (Å²) in [6, 6.07) is 12.1. The Morgan fingerprint density at radius 1 is 1.12 bits per heavy atom. The molecule has 0 aliphatic carbocycles. The van der Waals surface area contributed by atoms with Gasteiger partial charge in [0, 0.05) is 21.3 Å². The minimum absolute atomic E-state index is 0.578. The van der Waals surface area contributed by atoms with Gasteiger partial charge in [0.25, 0.3) is 0 Å². The molecular weight excluding hydrogens is 238 g/mol. The molecule has 82 valence electrons. The highest BCUT2D eigenvalue weighted by Gasteiger charge is 2.00. The Bertz CT molecular complexity index is 485. The summed E-state index contributed by atoms with van der Waals surface area (Å²) in [5, 5.41) is 0.767. The Morgan fingerprint density at radius 2 is 1.88 bits per heavy atom. The fraction of sp³-hybridized carbons (Fsp3) is 0.0769. The maximum Gasteiger partial charge on any atom is 0.0406 e. The molecule has 2 rings (SSSR count). The largest absolute Gasteiger partial charge is 0.327 e. The molecule has 0 aliphatic rings. The van der Waals surface area contributed by atoms with Crippen LogP contribution in [0.5, 0.6) is 0 Å². The molecule has 0 aliphatic heterocycles. The van der Waals surface area contributed by atoms with Crippen LogP contribution in [0, 0.1) is 0 Å². The first kappa shape index (κ1) is 11.4. The molecule has 1 nitrogen and oxygen atoms in total. The number of thiophene rings is 1. The van der Waals surface area contributed by atoms with Crippen molar-refractivity contribution in [2.75, 3.05) is 6.54 Å². The zero-order chi connectivity index (χ0) is 11.4. The molecule has 2 aromatic rings. The standard InChI is InChI=1S/C13H12ClNS/c14-11-5-3-10(4-6-11)13-8-7-12(16-13)2-1-9-15/h1-8H,9,15H2. The normalized spacial score (nSPS) is 11.1. The predicted molar refractivity (Wildman–Crippen MR) is 72.9 cm³/mol. The maximum absolute atomic E-state index is 5.85. The Morgan fingerprint density at radius 3 is 2.56 bits per heavy atom. The molecule has 0 radical (unpaired) electrons. The van der Waals surface area contributed by atoms with Crippen LogP contribution in [0.1, 0.15) is 4.88 Å². The van der Waals surface area contributed by atoms with Crippen molar-refractivity contribution in [3.05, 3.63) is 52.4 Å². The summed E-state index contributed by atoms with van der Waals surface area (Å²) in [7, 11) is 0. The van der Waals surface area contributed by atoms with E-state index in [1.165, 1.54) is 15.3 Å². The van der Waals surface area contributed by atoms with E-state index >= 15 is 0 Å². The van der Waals surface area contributed by atoms with E-state index in [1.807, 2.05) is 36.4 Å². The minimum atomic E-state index is 0.578. The number of hydrogen-bond donors (Lipinski definition) is 1. The van der Waals surface area contributed by atoms with Gasteiger partial charge in [-0.1, -0.05) is 29.8 Å². The van der Waals surface area contributed by atoms with Gasteiger partial charge in [-0.3, -0.25) is 0 Å². The first-order chi connectivity index (χ1) is 7.79. The van der Waals surface area contributed by atoms with Crippen LogP contribution < -0.4 is 5.73 Å². The monoisotopic (exact) mass is 249 g/mol. The molecule has 0 saturated heterocycles. The smallest absolute Gasteiger partial charge is 0.0406 e. The van der Waals surface area contributed by atoms with Gasteiger partial charge in [-0.05, 0) is 35.9 Å². The second kappa shape index (κ2) is 5.30. The molecule has 0 amide bonds. The van der Waals surface area contributed by atoms with Gasteiger partial charge >= 0.3 is 0 Å². The van der Waals surface area contributed by atoms with E-state index in [9.17, 15) is 0 Å². The van der Waals surface area contributed by atoms with Crippen molar-refractivity contribution in [1.29, 1.82) is 0 Å². The zero-order valence-electron chi connectivity index (χ0n) is 8.69. The van der Waals surface area contributed by atoms with Crippen molar-refractivity contribution >= 4 is 29.0 Å². The summed E-state index contributed by atoms with van der Waals surface area (Å²) < 4.78 is 0. The number of rotatable bonds is 3. The maximum atomic E-state index is 5.85. The van der Waals surface area contributed by atoms with Gasteiger partial charge in [0.15, 0.2) is 0 Å². The first-order valence-electron chi connectivity index (χ1n) is 5.02. The predicted octanol–water partition coefficient (Wildman–Crippen LogP) is 4.04. The second-order valence-electron chi connectivity index (χ2n) is 3.35. The van der Waals surface area contributed by atoms with Crippen molar-refractivity contribution in [3.8, 4) is 10.4 Å². The van der Waals surface area contributed by atoms with E-state index in [4.69, 9.17) is 17.3 Å². The minimum Gasteiger partial charge on any atom is -0.327 e. The topological polar surface area (TPSA) is 26.0 Å². The molecule has 2 N–H and O–H groups in total. The van der Waals surface area contributed by atoms with Crippen LogP contribution in [0.4, 0.5) is 0 Å². The molecule has 1 aromatic carbocycles. The second-order valence-corrected chi connectivity index (χ2v) is 4.90. The van der Waals surface area contributed by atoms with Gasteiger partial charge in [-0.15, -0.1) is 11.3 Å². The highest BCUT2D eigenvalue weighted by molar-refractivity contribution is 7.16. The van der Waals surface area contributed by atoms with Gasteiger partial charge in [-0.2, -0.15) is 0 Å². The number of hydrogen-bond acceptors (Lipinski definition) is 2. The molecule has 0 atom stereocenters. The van der Waals surface area contributed by atoms with Gasteiger partial charge < -0.3 is 5.73 Å². The van der Waals surface area contributed by atoms with Gasteiger partial charge in [0.05, 0.1) is 0 Å². The summed E-state index contributed by atoms with van der Waals surface area (Å²) in [6.45, 7) is 0.578. The van der Waals surface area contributed by atoms with Gasteiger partial charge in [0.2, 0.25) is 0 Å². The third-order valence-electron chi connectivity index (χ3n) is 2.17. The summed E-state index contributed by atoms with van der Waals surface area (Å²) >= 11 is 7.60. The fourth-order valence-corrected chi connectivity index (χ4v) is 2.47. The summed E-state index contributed by atoms with van der Waals surface area (Å²) in [4.78, 5) is 2.46. The summed E-state index contributed by atoms with van der Waals surface area (Å²) in [6.07, 6.45) is 4.00. The van der Waals surface area contributed by atoms with Crippen LogP contribution >= 0.6 is 22.9 Å². The summed E-state index contributed by atoms with van der Waals surface area (Å²) in [5.41, 5.74) is 6.61. The van der Waals surface area contributed by atoms with Crippen LogP contribution in [0.3, 0.4) is 0 Å². The molecule has 1 heterocycles. The Labute approximate surface area is 104 Å².